The van der Waals surface area contributed by atoms with Crippen LogP contribution in [0.25, 0.3) is 0 Å². The minimum Gasteiger partial charge on any atom is -1.00 e. The Labute approximate surface area is 162 Å². The van der Waals surface area contributed by atoms with Gasteiger partial charge in [0.1, 0.15) is 0 Å². The van der Waals surface area contributed by atoms with Gasteiger partial charge in [-0.2, -0.15) is 0 Å². The van der Waals surface area contributed by atoms with E-state index in [1.54, 1.807) is 0 Å². The van der Waals surface area contributed by atoms with Crippen LogP contribution in [-0.2, 0) is 19.2 Å². The van der Waals surface area contributed by atoms with Crippen LogP contribution in [0.2, 0.25) is 0 Å². The Hall–Kier alpha value is -0.120. The Morgan fingerprint density at radius 3 is 1.20 bits per heavy atom. The van der Waals surface area contributed by atoms with Crippen molar-refractivity contribution in [1.82, 2.24) is 0 Å². The van der Waals surface area contributed by atoms with Gasteiger partial charge in [-0.1, -0.05) is 0 Å². The van der Waals surface area contributed by atoms with E-state index in [2.05, 4.69) is 0 Å². The monoisotopic (exact) mass is 310 g/mol. The van der Waals surface area contributed by atoms with Crippen LogP contribution in [-0.4, -0.2) is 44.3 Å². The van der Waals surface area contributed by atoms with Gasteiger partial charge >= 0.3 is 83.0 Å². The van der Waals surface area contributed by atoms with Crippen molar-refractivity contribution < 1.29 is 102 Å². The zero-order valence-electron chi connectivity index (χ0n) is 13.5. The second-order valence-corrected chi connectivity index (χ2v) is 4.11. The summed E-state index contributed by atoms with van der Waals surface area (Å²) in [6.45, 7) is 0. The fraction of sp³-hybridized carbons (Fsp3) is 0.600. The summed E-state index contributed by atoms with van der Waals surface area (Å²) in [5, 5.41) is 34.7. The molecule has 0 bridgehead atoms. The fourth-order valence-corrected chi connectivity index (χ4v) is 1.79. The number of carboxylic acid groups (broad SMARTS) is 4. The number of carboxylic acids is 4. The Morgan fingerprint density at radius 1 is 0.700 bits per heavy atom. The summed E-state index contributed by atoms with van der Waals surface area (Å²) in [6, 6.07) is 0. The summed E-state index contributed by atoms with van der Waals surface area (Å²) >= 11 is 0. The van der Waals surface area contributed by atoms with E-state index in [0.29, 0.717) is 0 Å². The molecule has 0 heterocycles. The molecule has 0 fully saturated rings. The van der Waals surface area contributed by atoms with Crippen LogP contribution in [0, 0.1) is 5.41 Å². The number of aliphatic carboxylic acids is 4. The molecule has 0 aliphatic carbocycles. The molecular formula is C10H16Na2O8. The number of carbonyl (C=O) groups is 4. The predicted molar refractivity (Wildman–Crippen MR) is 58.3 cm³/mol. The van der Waals surface area contributed by atoms with Gasteiger partial charge in [-0.3, -0.25) is 19.2 Å². The van der Waals surface area contributed by atoms with E-state index in [-0.39, 0.29) is 68.4 Å². The third-order valence-corrected chi connectivity index (χ3v) is 2.45. The van der Waals surface area contributed by atoms with Crippen LogP contribution in [0.4, 0.5) is 0 Å². The molecule has 4 N–H and O–H groups in total. The summed E-state index contributed by atoms with van der Waals surface area (Å²) < 4.78 is 0. The first-order chi connectivity index (χ1) is 8.17. The standard InChI is InChI=1S/C10H14O8.2Na.2H/c11-6(12)1-2-10(3-7(13)14,4-8(15)16)5-9(17)18;;;;/h1-5H2,(H,11,12)(H,13,14)(H,15,16)(H,17,18);;;;/q;2*+1;2*-1. The van der Waals surface area contributed by atoms with Gasteiger partial charge in [-0.25, -0.2) is 0 Å². The molecule has 20 heavy (non-hydrogen) atoms. The smallest absolute Gasteiger partial charge is 1.00 e. The van der Waals surface area contributed by atoms with E-state index in [1.807, 2.05) is 0 Å². The second kappa shape index (κ2) is 11.5. The summed E-state index contributed by atoms with van der Waals surface area (Å²) in [6.07, 6.45) is -2.88. The van der Waals surface area contributed by atoms with Gasteiger partial charge in [0.05, 0.1) is 19.3 Å². The zero-order chi connectivity index (χ0) is 14.3. The van der Waals surface area contributed by atoms with Gasteiger partial charge in [-0.15, -0.1) is 0 Å². The van der Waals surface area contributed by atoms with Crippen molar-refractivity contribution in [3.05, 3.63) is 0 Å². The molecule has 0 rings (SSSR count). The first-order valence-corrected chi connectivity index (χ1v) is 5.04. The molecule has 10 heteroatoms. The van der Waals surface area contributed by atoms with Crippen molar-refractivity contribution in [2.24, 2.45) is 5.41 Å². The Balaban J connectivity index is -0.000000241. The molecule has 0 aromatic heterocycles. The molecule has 0 aliphatic rings. The SMILES string of the molecule is O=C(O)CCC(CC(=O)O)(CC(=O)O)CC(=O)O.[H-].[H-].[Na+].[Na+]. The molecule has 8 nitrogen and oxygen atoms in total. The van der Waals surface area contributed by atoms with Crippen LogP contribution in [0.3, 0.4) is 0 Å². The van der Waals surface area contributed by atoms with Crippen LogP contribution in [0.1, 0.15) is 35.0 Å². The molecule has 106 valence electrons. The second-order valence-electron chi connectivity index (χ2n) is 4.11. The van der Waals surface area contributed by atoms with Crippen molar-refractivity contribution in [3.8, 4) is 0 Å². The van der Waals surface area contributed by atoms with E-state index in [4.69, 9.17) is 20.4 Å². The van der Waals surface area contributed by atoms with E-state index in [9.17, 15) is 19.2 Å². The van der Waals surface area contributed by atoms with Crippen molar-refractivity contribution in [3.63, 3.8) is 0 Å². The molecule has 0 radical (unpaired) electrons. The molecule has 0 aromatic carbocycles. The zero-order valence-corrected chi connectivity index (χ0v) is 15.5. The van der Waals surface area contributed by atoms with Crippen molar-refractivity contribution in [2.45, 2.75) is 32.1 Å². The van der Waals surface area contributed by atoms with E-state index < -0.39 is 55.0 Å². The maximum absolute atomic E-state index is 10.7. The Kier molecular flexibility index (Phi) is 14.3. The molecule has 0 unspecified atom stereocenters. The van der Waals surface area contributed by atoms with Gasteiger partial charge in [-0.05, 0) is 6.42 Å². The minimum absolute atomic E-state index is 0. The first kappa shape index (κ1) is 24.9. The van der Waals surface area contributed by atoms with Gasteiger partial charge in [0, 0.05) is 11.8 Å². The number of hydrogen-bond donors (Lipinski definition) is 4. The molecule has 0 aliphatic heterocycles. The van der Waals surface area contributed by atoms with Gasteiger partial charge in [0.2, 0.25) is 0 Å². The van der Waals surface area contributed by atoms with Crippen LogP contribution >= 0.6 is 0 Å². The summed E-state index contributed by atoms with van der Waals surface area (Å²) in [5.74, 6) is -5.31. The average molecular weight is 310 g/mol. The molecule has 0 aromatic rings. The van der Waals surface area contributed by atoms with Crippen molar-refractivity contribution >= 4 is 23.9 Å². The summed E-state index contributed by atoms with van der Waals surface area (Å²) in [4.78, 5) is 42.5. The van der Waals surface area contributed by atoms with Gasteiger partial charge in [0.15, 0.2) is 0 Å². The molecule has 0 amide bonds. The molecule has 0 spiro atoms. The van der Waals surface area contributed by atoms with E-state index >= 15 is 0 Å². The summed E-state index contributed by atoms with van der Waals surface area (Å²) in [5.41, 5.74) is -1.58. The van der Waals surface area contributed by atoms with Gasteiger partial charge < -0.3 is 23.3 Å². The minimum atomic E-state index is -1.58. The third kappa shape index (κ3) is 11.7. The van der Waals surface area contributed by atoms with Crippen molar-refractivity contribution in [2.75, 3.05) is 0 Å². The quantitative estimate of drug-likeness (QED) is 0.308. The third-order valence-electron chi connectivity index (χ3n) is 2.45. The predicted octanol–water partition coefficient (Wildman–Crippen LogP) is -5.51. The maximum atomic E-state index is 10.7. The Bertz CT molecular complexity index is 337. The largest absolute Gasteiger partial charge is 1.00 e. The topological polar surface area (TPSA) is 149 Å². The van der Waals surface area contributed by atoms with Crippen LogP contribution in [0.5, 0.6) is 0 Å². The molecule has 0 atom stereocenters. The van der Waals surface area contributed by atoms with E-state index in [0.717, 1.165) is 0 Å². The normalized spacial score (nSPS) is 9.80. The Morgan fingerprint density at radius 2 is 1.00 bits per heavy atom. The van der Waals surface area contributed by atoms with Crippen molar-refractivity contribution in [1.29, 1.82) is 0 Å². The average Bonchev–Trinajstić information content (AvgIpc) is 2.11. The van der Waals surface area contributed by atoms with Crippen LogP contribution in [0.15, 0.2) is 0 Å². The van der Waals surface area contributed by atoms with Crippen LogP contribution < -0.4 is 59.1 Å². The summed E-state index contributed by atoms with van der Waals surface area (Å²) in [7, 11) is 0. The molecular weight excluding hydrogens is 294 g/mol. The molecule has 0 saturated heterocycles. The van der Waals surface area contributed by atoms with E-state index in [1.165, 1.54) is 0 Å². The fourth-order valence-electron chi connectivity index (χ4n) is 1.79. The number of hydrogen-bond acceptors (Lipinski definition) is 4. The van der Waals surface area contributed by atoms with Gasteiger partial charge in [0.25, 0.3) is 0 Å². The first-order valence-electron chi connectivity index (χ1n) is 5.04. The number of rotatable bonds is 9. The molecule has 0 saturated carbocycles. The maximum Gasteiger partial charge on any atom is 1.00 e.